The van der Waals surface area contributed by atoms with Crippen LogP contribution in [0.5, 0.6) is 0 Å². The highest BCUT2D eigenvalue weighted by Crippen LogP contribution is 2.35. The predicted molar refractivity (Wildman–Crippen MR) is 74.7 cm³/mol. The molecule has 0 amide bonds. The quantitative estimate of drug-likeness (QED) is 0.477. The van der Waals surface area contributed by atoms with Gasteiger partial charge in [0.05, 0.1) is 7.05 Å². The molecule has 0 saturated carbocycles. The van der Waals surface area contributed by atoms with Crippen LogP contribution in [0, 0.1) is 0 Å². The summed E-state index contributed by atoms with van der Waals surface area (Å²) in [6.07, 6.45) is 7.89. The van der Waals surface area contributed by atoms with Gasteiger partial charge in [0.1, 0.15) is 19.8 Å². The average molecular weight is 272 g/mol. The Balaban J connectivity index is 1.58. The molecule has 2 rings (SSSR count). The lowest BCUT2D eigenvalue weighted by atomic mass is 10.0. The third-order valence-electron chi connectivity index (χ3n) is 4.65. The first kappa shape index (κ1) is 15.2. The van der Waals surface area contributed by atoms with Crippen LogP contribution in [0.1, 0.15) is 45.4 Å². The zero-order valence-electron chi connectivity index (χ0n) is 12.7. The van der Waals surface area contributed by atoms with Crippen molar-refractivity contribution in [3.8, 4) is 0 Å². The van der Waals surface area contributed by atoms with Gasteiger partial charge >= 0.3 is 0 Å². The monoisotopic (exact) mass is 272 g/mol. The molecule has 4 nitrogen and oxygen atoms in total. The molecule has 0 bridgehead atoms. The summed E-state index contributed by atoms with van der Waals surface area (Å²) in [5, 5.41) is 0. The van der Waals surface area contributed by atoms with E-state index in [1.165, 1.54) is 38.5 Å². The first-order valence-electron chi connectivity index (χ1n) is 7.80. The van der Waals surface area contributed by atoms with E-state index in [0.717, 1.165) is 44.4 Å². The predicted octanol–water partition coefficient (Wildman–Crippen LogP) is 2.52. The van der Waals surface area contributed by atoms with Gasteiger partial charge in [0.2, 0.25) is 0 Å². The normalized spacial score (nSPS) is 33.8. The lowest BCUT2D eigenvalue weighted by Gasteiger charge is -2.35. The number of fused-ring (bicyclic) bond motifs is 1. The SMILES string of the molecule is CCCCCCCCOCC12COC[N+]1(C)COC2. The molecule has 0 radical (unpaired) electrons. The molecular formula is C15H30NO3+. The number of likely N-dealkylation sites (N-methyl/N-ethyl adjacent to an activating group) is 1. The van der Waals surface area contributed by atoms with Crippen LogP contribution < -0.4 is 0 Å². The van der Waals surface area contributed by atoms with E-state index in [1.54, 1.807) is 0 Å². The number of quaternary nitrogens is 1. The zero-order valence-corrected chi connectivity index (χ0v) is 12.7. The molecule has 2 saturated heterocycles. The van der Waals surface area contributed by atoms with Gasteiger partial charge in [-0.25, -0.2) is 0 Å². The van der Waals surface area contributed by atoms with Crippen molar-refractivity contribution in [3.05, 3.63) is 0 Å². The number of rotatable bonds is 9. The topological polar surface area (TPSA) is 27.7 Å². The average Bonchev–Trinajstić information content (AvgIpc) is 2.85. The van der Waals surface area contributed by atoms with Crippen LogP contribution in [0.4, 0.5) is 0 Å². The standard InChI is InChI=1S/C15H30NO3/c1-3-4-5-6-7-8-9-17-10-15-11-18-13-16(15,2)14-19-12-15/h3-14H2,1-2H3/q+1. The number of unbranched alkanes of at least 4 members (excludes halogenated alkanes) is 5. The lowest BCUT2D eigenvalue weighted by molar-refractivity contribution is -0.946. The van der Waals surface area contributed by atoms with E-state index in [0.29, 0.717) is 0 Å². The molecule has 0 aromatic rings. The summed E-state index contributed by atoms with van der Waals surface area (Å²) in [4.78, 5) is 0. The van der Waals surface area contributed by atoms with Crippen LogP contribution in [-0.2, 0) is 14.2 Å². The molecule has 2 aliphatic rings. The molecule has 2 fully saturated rings. The summed E-state index contributed by atoms with van der Waals surface area (Å²) in [5.41, 5.74) is 0.0577. The van der Waals surface area contributed by atoms with Crippen LogP contribution in [0.15, 0.2) is 0 Å². The third kappa shape index (κ3) is 3.48. The maximum absolute atomic E-state index is 5.92. The van der Waals surface area contributed by atoms with Crippen LogP contribution in [-0.4, -0.2) is 57.0 Å². The van der Waals surface area contributed by atoms with Gasteiger partial charge in [0.25, 0.3) is 0 Å². The van der Waals surface area contributed by atoms with E-state index in [4.69, 9.17) is 14.2 Å². The van der Waals surface area contributed by atoms with Crippen molar-refractivity contribution in [1.29, 1.82) is 0 Å². The van der Waals surface area contributed by atoms with E-state index in [-0.39, 0.29) is 5.54 Å². The molecule has 19 heavy (non-hydrogen) atoms. The Kier molecular flexibility index (Phi) is 5.63. The summed E-state index contributed by atoms with van der Waals surface area (Å²) in [7, 11) is 2.22. The Morgan fingerprint density at radius 3 is 2.32 bits per heavy atom. The smallest absolute Gasteiger partial charge is 0.185 e. The first-order chi connectivity index (χ1) is 9.22. The Bertz CT molecular complexity index is 260. The molecule has 0 atom stereocenters. The van der Waals surface area contributed by atoms with Crippen molar-refractivity contribution in [1.82, 2.24) is 0 Å². The van der Waals surface area contributed by atoms with Gasteiger partial charge in [-0.3, -0.25) is 4.48 Å². The zero-order chi connectivity index (χ0) is 13.6. The third-order valence-corrected chi connectivity index (χ3v) is 4.65. The summed E-state index contributed by atoms with van der Waals surface area (Å²) in [5.74, 6) is 0. The molecule has 0 unspecified atom stereocenters. The summed E-state index contributed by atoms with van der Waals surface area (Å²) >= 11 is 0. The van der Waals surface area contributed by atoms with E-state index in [2.05, 4.69) is 14.0 Å². The molecular weight excluding hydrogens is 242 g/mol. The van der Waals surface area contributed by atoms with Crippen molar-refractivity contribution in [2.24, 2.45) is 0 Å². The lowest BCUT2D eigenvalue weighted by Crippen LogP contribution is -2.59. The number of hydrogen-bond donors (Lipinski definition) is 0. The highest BCUT2D eigenvalue weighted by atomic mass is 16.6. The van der Waals surface area contributed by atoms with Crippen LogP contribution in [0.2, 0.25) is 0 Å². The second kappa shape index (κ2) is 7.02. The molecule has 0 N–H and O–H groups in total. The Labute approximate surface area is 117 Å². The molecule has 0 aromatic carbocycles. The van der Waals surface area contributed by atoms with Gasteiger partial charge < -0.3 is 14.2 Å². The largest absolute Gasteiger partial charge is 0.375 e. The number of nitrogens with zero attached hydrogens (tertiary/aromatic N) is 1. The highest BCUT2D eigenvalue weighted by molar-refractivity contribution is 4.86. The van der Waals surface area contributed by atoms with Crippen molar-refractivity contribution in [3.63, 3.8) is 0 Å². The van der Waals surface area contributed by atoms with E-state index >= 15 is 0 Å². The van der Waals surface area contributed by atoms with Gasteiger partial charge in [0.15, 0.2) is 19.0 Å². The molecule has 0 spiro atoms. The Morgan fingerprint density at radius 1 is 1.00 bits per heavy atom. The minimum absolute atomic E-state index is 0.0577. The molecule has 112 valence electrons. The van der Waals surface area contributed by atoms with Crippen LogP contribution in [0.3, 0.4) is 0 Å². The molecule has 4 heteroatoms. The minimum Gasteiger partial charge on any atom is -0.375 e. The van der Waals surface area contributed by atoms with Gasteiger partial charge in [-0.05, 0) is 6.42 Å². The Hall–Kier alpha value is -0.160. The van der Waals surface area contributed by atoms with Crippen LogP contribution in [0.25, 0.3) is 0 Å². The highest BCUT2D eigenvalue weighted by Gasteiger charge is 2.58. The fraction of sp³-hybridized carbons (Fsp3) is 1.00. The van der Waals surface area contributed by atoms with Gasteiger partial charge in [-0.1, -0.05) is 39.0 Å². The van der Waals surface area contributed by atoms with Crippen molar-refractivity contribution < 1.29 is 18.7 Å². The first-order valence-corrected chi connectivity index (χ1v) is 7.80. The summed E-state index contributed by atoms with van der Waals surface area (Å²) in [6, 6.07) is 0. The second-order valence-corrected chi connectivity index (χ2v) is 6.40. The van der Waals surface area contributed by atoms with Crippen LogP contribution >= 0.6 is 0 Å². The van der Waals surface area contributed by atoms with Gasteiger partial charge in [-0.2, -0.15) is 0 Å². The fourth-order valence-corrected chi connectivity index (χ4v) is 3.02. The van der Waals surface area contributed by atoms with Gasteiger partial charge in [0, 0.05) is 6.61 Å². The van der Waals surface area contributed by atoms with E-state index in [9.17, 15) is 0 Å². The van der Waals surface area contributed by atoms with Crippen molar-refractivity contribution in [2.75, 3.05) is 46.9 Å². The van der Waals surface area contributed by atoms with Crippen molar-refractivity contribution >= 4 is 0 Å². The number of ether oxygens (including phenoxy) is 3. The van der Waals surface area contributed by atoms with E-state index in [1.807, 2.05) is 0 Å². The minimum atomic E-state index is 0.0577. The summed E-state index contributed by atoms with van der Waals surface area (Å²) in [6.45, 7) is 7.00. The van der Waals surface area contributed by atoms with Gasteiger partial charge in [-0.15, -0.1) is 0 Å². The molecule has 0 aliphatic carbocycles. The maximum Gasteiger partial charge on any atom is 0.185 e. The fourth-order valence-electron chi connectivity index (χ4n) is 3.02. The molecule has 0 aromatic heterocycles. The molecule has 2 aliphatic heterocycles. The number of hydrogen-bond acceptors (Lipinski definition) is 3. The maximum atomic E-state index is 5.92. The summed E-state index contributed by atoms with van der Waals surface area (Å²) < 4.78 is 18.1. The Morgan fingerprint density at radius 2 is 1.63 bits per heavy atom. The second-order valence-electron chi connectivity index (χ2n) is 6.40. The molecule has 2 heterocycles. The van der Waals surface area contributed by atoms with Crippen molar-refractivity contribution in [2.45, 2.75) is 51.0 Å². The van der Waals surface area contributed by atoms with E-state index < -0.39 is 0 Å².